The first-order valence-electron chi connectivity index (χ1n) is 7.41. The summed E-state index contributed by atoms with van der Waals surface area (Å²) in [6.07, 6.45) is 0. The Morgan fingerprint density at radius 3 is 2.35 bits per heavy atom. The maximum Gasteiger partial charge on any atom is 0.256 e. The molecule has 2 aromatic carbocycles. The molecule has 0 aliphatic carbocycles. The van der Waals surface area contributed by atoms with E-state index in [9.17, 15) is 9.59 Å². The normalized spacial score (nSPS) is 22.8. The lowest BCUT2D eigenvalue weighted by Gasteiger charge is -2.38. The van der Waals surface area contributed by atoms with Gasteiger partial charge in [0.25, 0.3) is 5.91 Å². The zero-order valence-corrected chi connectivity index (χ0v) is 12.9. The molecule has 23 heavy (non-hydrogen) atoms. The summed E-state index contributed by atoms with van der Waals surface area (Å²) in [5, 5.41) is 6.13. The zero-order valence-electron chi connectivity index (χ0n) is 12.9. The summed E-state index contributed by atoms with van der Waals surface area (Å²) in [5.41, 5.74) is 1.18. The Morgan fingerprint density at radius 1 is 0.957 bits per heavy atom. The molecule has 2 aromatic rings. The van der Waals surface area contributed by atoms with Crippen LogP contribution in [0.3, 0.4) is 0 Å². The van der Waals surface area contributed by atoms with E-state index in [4.69, 9.17) is 0 Å². The van der Waals surface area contributed by atoms with Gasteiger partial charge in [-0.1, -0.05) is 36.4 Å². The Labute approximate surface area is 133 Å². The molecule has 2 heterocycles. The lowest BCUT2D eigenvalue weighted by molar-refractivity contribution is -0.121. The fourth-order valence-corrected chi connectivity index (χ4v) is 3.44. The number of nitrogens with zero attached hydrogens (tertiary/aromatic N) is 3. The number of fused-ring (bicyclic) bond motifs is 2. The number of benzene rings is 2. The molecule has 114 valence electrons. The highest BCUT2D eigenvalue weighted by Gasteiger charge is 2.61. The van der Waals surface area contributed by atoms with Gasteiger partial charge in [0.15, 0.2) is 0 Å². The van der Waals surface area contributed by atoms with Crippen LogP contribution in [0.5, 0.6) is 0 Å². The van der Waals surface area contributed by atoms with E-state index in [1.807, 2.05) is 48.5 Å². The molecule has 0 bridgehead atoms. The van der Waals surface area contributed by atoms with Gasteiger partial charge in [0.2, 0.25) is 11.4 Å². The first kappa shape index (κ1) is 13.7. The van der Waals surface area contributed by atoms with Crippen molar-refractivity contribution in [2.75, 3.05) is 12.1 Å². The van der Waals surface area contributed by atoms with Crippen LogP contribution < -0.4 is 5.01 Å². The summed E-state index contributed by atoms with van der Waals surface area (Å²) in [6.45, 7) is 1.69. The molecule has 2 aliphatic heterocycles. The largest absolute Gasteiger partial charge is 0.306 e. The molecule has 0 fully saturated rings. The first-order valence-corrected chi connectivity index (χ1v) is 7.41. The molecule has 0 saturated heterocycles. The third-order valence-corrected chi connectivity index (χ3v) is 4.53. The van der Waals surface area contributed by atoms with Gasteiger partial charge in [-0.2, -0.15) is 5.10 Å². The van der Waals surface area contributed by atoms with Crippen molar-refractivity contribution in [1.29, 1.82) is 0 Å². The van der Waals surface area contributed by atoms with E-state index < -0.39 is 5.66 Å². The minimum Gasteiger partial charge on any atom is -0.306 e. The number of ketones is 1. The maximum atomic E-state index is 13.1. The van der Waals surface area contributed by atoms with Gasteiger partial charge in [-0.3, -0.25) is 9.59 Å². The van der Waals surface area contributed by atoms with Crippen LogP contribution >= 0.6 is 0 Å². The number of rotatable bonds is 1. The van der Waals surface area contributed by atoms with Crippen molar-refractivity contribution in [3.63, 3.8) is 0 Å². The zero-order chi connectivity index (χ0) is 16.2. The molecule has 0 aromatic heterocycles. The van der Waals surface area contributed by atoms with Crippen molar-refractivity contribution in [3.8, 4) is 0 Å². The Kier molecular flexibility index (Phi) is 2.69. The van der Waals surface area contributed by atoms with Crippen LogP contribution in [0.25, 0.3) is 0 Å². The summed E-state index contributed by atoms with van der Waals surface area (Å²) >= 11 is 0. The average molecular weight is 305 g/mol. The summed E-state index contributed by atoms with van der Waals surface area (Å²) < 4.78 is 0. The van der Waals surface area contributed by atoms with Gasteiger partial charge in [-0.05, 0) is 25.1 Å². The number of hydrogen-bond acceptors (Lipinski definition) is 4. The number of carbonyl (C=O) groups is 2. The van der Waals surface area contributed by atoms with Gasteiger partial charge in [0.05, 0.1) is 5.69 Å². The van der Waals surface area contributed by atoms with Crippen LogP contribution in [0.15, 0.2) is 59.7 Å². The van der Waals surface area contributed by atoms with E-state index in [1.165, 1.54) is 4.90 Å². The maximum absolute atomic E-state index is 13.1. The van der Waals surface area contributed by atoms with Crippen LogP contribution in [0.4, 0.5) is 5.69 Å². The lowest BCUT2D eigenvalue weighted by Crippen LogP contribution is -2.56. The van der Waals surface area contributed by atoms with E-state index in [-0.39, 0.29) is 11.7 Å². The molecule has 5 heteroatoms. The number of amides is 1. The first-order chi connectivity index (χ1) is 11.1. The number of anilines is 1. The minimum absolute atomic E-state index is 0.165. The quantitative estimate of drug-likeness (QED) is 0.813. The Morgan fingerprint density at radius 2 is 1.61 bits per heavy atom. The van der Waals surface area contributed by atoms with Crippen LogP contribution in [-0.4, -0.2) is 29.3 Å². The second-order valence-electron chi connectivity index (χ2n) is 5.74. The molecule has 5 nitrogen and oxygen atoms in total. The molecule has 1 amide bonds. The summed E-state index contributed by atoms with van der Waals surface area (Å²) in [4.78, 5) is 27.2. The second-order valence-corrected chi connectivity index (χ2v) is 5.74. The SMILES string of the molecule is CC1=NN(c2ccccc2)[C@]2(C1=O)c1ccccc1C(=O)N2C. The van der Waals surface area contributed by atoms with Crippen molar-refractivity contribution in [1.82, 2.24) is 4.90 Å². The van der Waals surface area contributed by atoms with Crippen LogP contribution in [-0.2, 0) is 10.5 Å². The Hall–Kier alpha value is -2.95. The molecule has 1 spiro atoms. The summed E-state index contributed by atoms with van der Waals surface area (Å²) in [5.74, 6) is -0.332. The van der Waals surface area contributed by atoms with E-state index in [0.29, 0.717) is 16.8 Å². The molecule has 0 unspecified atom stereocenters. The van der Waals surface area contributed by atoms with Gasteiger partial charge in [-0.15, -0.1) is 0 Å². The molecular weight excluding hydrogens is 290 g/mol. The highest BCUT2D eigenvalue weighted by molar-refractivity contribution is 6.45. The number of hydrazone groups is 1. The van der Waals surface area contributed by atoms with Gasteiger partial charge in [0.1, 0.15) is 5.71 Å². The third-order valence-electron chi connectivity index (χ3n) is 4.53. The minimum atomic E-state index is -1.22. The average Bonchev–Trinajstić information content (AvgIpc) is 2.98. The highest BCUT2D eigenvalue weighted by Crippen LogP contribution is 2.46. The number of carbonyl (C=O) groups excluding carboxylic acids is 2. The number of Topliss-reactive ketones (excluding diaryl/α,β-unsaturated/α-hetero) is 1. The van der Waals surface area contributed by atoms with Crippen molar-refractivity contribution < 1.29 is 9.59 Å². The topological polar surface area (TPSA) is 53.0 Å². The molecule has 1 atom stereocenters. The van der Waals surface area contributed by atoms with Gasteiger partial charge in [-0.25, -0.2) is 5.01 Å². The van der Waals surface area contributed by atoms with Gasteiger partial charge in [0, 0.05) is 18.2 Å². The fraction of sp³-hybridized carbons (Fsp3) is 0.167. The van der Waals surface area contributed by atoms with Gasteiger partial charge >= 0.3 is 0 Å². The predicted molar refractivity (Wildman–Crippen MR) is 87.3 cm³/mol. The van der Waals surface area contributed by atoms with Crippen molar-refractivity contribution in [2.24, 2.45) is 5.10 Å². The second kappa shape index (κ2) is 4.52. The van der Waals surface area contributed by atoms with Crippen LogP contribution in [0, 0.1) is 0 Å². The van der Waals surface area contributed by atoms with Gasteiger partial charge < -0.3 is 4.90 Å². The summed E-state index contributed by atoms with van der Waals surface area (Å²) in [7, 11) is 1.66. The number of para-hydroxylation sites is 1. The van der Waals surface area contributed by atoms with E-state index in [1.54, 1.807) is 25.0 Å². The van der Waals surface area contributed by atoms with Crippen LogP contribution in [0.2, 0.25) is 0 Å². The van der Waals surface area contributed by atoms with Crippen LogP contribution in [0.1, 0.15) is 22.8 Å². The third kappa shape index (κ3) is 1.54. The monoisotopic (exact) mass is 305 g/mol. The number of likely N-dealkylation sites (N-methyl/N-ethyl adjacent to an activating group) is 1. The van der Waals surface area contributed by atoms with E-state index >= 15 is 0 Å². The lowest BCUT2D eigenvalue weighted by atomic mass is 9.92. The van der Waals surface area contributed by atoms with E-state index in [0.717, 1.165) is 5.69 Å². The molecule has 2 aliphatic rings. The predicted octanol–water partition coefficient (Wildman–Crippen LogP) is 2.39. The number of hydrogen-bond donors (Lipinski definition) is 0. The Balaban J connectivity index is 2.02. The molecule has 4 rings (SSSR count). The standard InChI is InChI=1S/C18H15N3O2/c1-12-16(22)18(21(19-12)13-8-4-3-5-9-13)15-11-7-6-10-14(15)17(23)20(18)2/h3-11H,1-2H3/t18-/m0/s1. The molecule has 0 saturated carbocycles. The molecule has 0 radical (unpaired) electrons. The highest BCUT2D eigenvalue weighted by atomic mass is 16.2. The summed E-state index contributed by atoms with van der Waals surface area (Å²) in [6, 6.07) is 16.7. The van der Waals surface area contributed by atoms with Crippen molar-refractivity contribution >= 4 is 23.1 Å². The molecule has 0 N–H and O–H groups in total. The molecular formula is C18H15N3O2. The fourth-order valence-electron chi connectivity index (χ4n) is 3.44. The van der Waals surface area contributed by atoms with Crippen molar-refractivity contribution in [2.45, 2.75) is 12.6 Å². The van der Waals surface area contributed by atoms with E-state index in [2.05, 4.69) is 5.10 Å². The smallest absolute Gasteiger partial charge is 0.256 e. The van der Waals surface area contributed by atoms with Crippen molar-refractivity contribution in [3.05, 3.63) is 65.7 Å². The Bertz CT molecular complexity index is 860.